The van der Waals surface area contributed by atoms with E-state index in [1.54, 1.807) is 62.2 Å². The van der Waals surface area contributed by atoms with Gasteiger partial charge >= 0.3 is 61.9 Å². The average molecular weight is 2200 g/mol. The van der Waals surface area contributed by atoms with Gasteiger partial charge in [-0.2, -0.15) is 39.5 Å². The van der Waals surface area contributed by atoms with Crippen LogP contribution in [0.4, 0.5) is 57.0 Å². The number of nitrogens with one attached hydrogen (secondary N) is 4. The van der Waals surface area contributed by atoms with E-state index in [-0.39, 0.29) is 139 Å². The Morgan fingerprint density at radius 3 is 0.904 bits per heavy atom. The van der Waals surface area contributed by atoms with Crippen LogP contribution < -0.4 is 49.9 Å². The van der Waals surface area contributed by atoms with Crippen molar-refractivity contribution in [3.63, 3.8) is 0 Å². The predicted octanol–water partition coefficient (Wildman–Crippen LogP) is 18.0. The van der Waals surface area contributed by atoms with Crippen molar-refractivity contribution in [3.8, 4) is 0 Å². The number of aromatic nitrogens is 12. The second-order valence-corrected chi connectivity index (χ2v) is 48.1. The summed E-state index contributed by atoms with van der Waals surface area (Å²) in [6.45, 7) is 31.4. The first-order valence-electron chi connectivity index (χ1n) is 48.4. The first kappa shape index (κ1) is 130. The fraction of sp³-hybridized carbons (Fsp3) is 0.769. The fourth-order valence-corrected chi connectivity index (χ4v) is 21.6. The molecule has 0 aliphatic heterocycles. The minimum absolute atomic E-state index is 0. The molecule has 18 N–H and O–H groups in total. The van der Waals surface area contributed by atoms with E-state index < -0.39 is 176 Å². The molecule has 2 unspecified atom stereocenters. The van der Waals surface area contributed by atoms with Crippen LogP contribution in [0.15, 0.2) is 38.0 Å². The van der Waals surface area contributed by atoms with E-state index in [2.05, 4.69) is 86.0 Å². The van der Waals surface area contributed by atoms with Gasteiger partial charge in [0, 0.05) is 0 Å². The molecule has 0 spiro atoms. The summed E-state index contributed by atoms with van der Waals surface area (Å²) >= 11 is 11.5. The number of esters is 6. The predicted molar refractivity (Wildman–Crippen MR) is 533 cm³/mol. The lowest BCUT2D eigenvalue weighted by molar-refractivity contribution is -0.190. The molecular weight excluding hydrogens is 2040 g/mol. The summed E-state index contributed by atoms with van der Waals surface area (Å²) in [5, 5.41) is 11.5. The third kappa shape index (κ3) is 43.4. The van der Waals surface area contributed by atoms with Gasteiger partial charge in [-0.15, -0.1) is 23.2 Å². The van der Waals surface area contributed by atoms with Gasteiger partial charge in [-0.3, -0.25) is 42.5 Å². The Morgan fingerprint density at radius 1 is 0.390 bits per heavy atom. The van der Waals surface area contributed by atoms with Gasteiger partial charge in [-0.25, -0.2) is 65.2 Å². The Kier molecular flexibility index (Phi) is 50.9. The maximum absolute atomic E-state index is 14.7. The monoisotopic (exact) mass is 2190 g/mol. The maximum Gasteiger partial charge on any atom is 0.391 e. The van der Waals surface area contributed by atoms with Crippen LogP contribution in [-0.2, 0) is 105 Å². The second-order valence-electron chi connectivity index (χ2n) is 40.3. The molecule has 10 rings (SSSR count). The highest BCUT2D eigenvalue weighted by Crippen LogP contribution is 2.48. The van der Waals surface area contributed by atoms with Gasteiger partial charge < -0.3 is 95.6 Å². The summed E-state index contributed by atoms with van der Waals surface area (Å²) in [6, 6.07) is 0. The fourth-order valence-electron chi connectivity index (χ4n) is 15.7. The molecule has 834 valence electrons. The zero-order valence-corrected chi connectivity index (χ0v) is 90.9. The Hall–Kier alpha value is -7.93. The Balaban J connectivity index is 0.000000416. The summed E-state index contributed by atoms with van der Waals surface area (Å²) in [7, 11) is -12.1. The first-order valence-corrected chi connectivity index (χ1v) is 54.7. The molecule has 0 amide bonds. The molecule has 5 atom stereocenters. The summed E-state index contributed by atoms with van der Waals surface area (Å²) in [5.41, 5.74) is 14.3. The molecule has 6 heterocycles. The van der Waals surface area contributed by atoms with Crippen molar-refractivity contribution in [1.29, 1.82) is 0 Å². The van der Waals surface area contributed by atoms with Crippen LogP contribution in [0, 0.1) is 23.7 Å². The van der Waals surface area contributed by atoms with Gasteiger partial charge in [0.1, 0.15) is 111 Å². The van der Waals surface area contributed by atoms with Crippen LogP contribution in [0.2, 0.25) is 0 Å². The molecule has 6 aromatic heterocycles. The van der Waals surface area contributed by atoms with Gasteiger partial charge in [0.15, 0.2) is 34.4 Å². The number of nitrogens with zero attached hydrogens (tertiary/aromatic N) is 12. The summed E-state index contributed by atoms with van der Waals surface area (Å²) in [5.74, 6) is -6.53. The van der Waals surface area contributed by atoms with Crippen molar-refractivity contribution in [2.45, 2.75) is 392 Å². The smallest absolute Gasteiger partial charge is 0.391 e. The molecule has 55 heteroatoms. The van der Waals surface area contributed by atoms with E-state index in [1.165, 1.54) is 106 Å². The van der Waals surface area contributed by atoms with E-state index in [1.807, 2.05) is 0 Å². The molecule has 0 aromatic carbocycles. The lowest BCUT2D eigenvalue weighted by Gasteiger charge is -2.37. The molecule has 146 heavy (non-hydrogen) atoms. The van der Waals surface area contributed by atoms with Crippen molar-refractivity contribution in [2.24, 2.45) is 23.7 Å². The molecule has 0 saturated heterocycles. The van der Waals surface area contributed by atoms with E-state index >= 15 is 0 Å². The zero-order valence-electron chi connectivity index (χ0n) is 86.7. The van der Waals surface area contributed by atoms with Crippen LogP contribution in [0.25, 0.3) is 33.5 Å². The zero-order chi connectivity index (χ0) is 108. The maximum atomic E-state index is 14.7. The minimum Gasteiger partial charge on any atom is -0.464 e. The van der Waals surface area contributed by atoms with Gasteiger partial charge in [0.2, 0.25) is 14.9 Å². The number of imidazole rings is 3. The van der Waals surface area contributed by atoms with Gasteiger partial charge in [-0.1, -0.05) is 59.3 Å². The molecule has 0 radical (unpaired) electrons. The van der Waals surface area contributed by atoms with Crippen molar-refractivity contribution >= 4 is 132 Å². The van der Waals surface area contributed by atoms with Gasteiger partial charge in [-0.05, 0) is 225 Å². The van der Waals surface area contributed by atoms with E-state index in [9.17, 15) is 82.0 Å². The highest BCUT2D eigenvalue weighted by atomic mass is 35.5. The van der Waals surface area contributed by atoms with E-state index in [4.69, 9.17) is 92.8 Å². The number of nitrogens with two attached hydrogens (primary N) is 3. The summed E-state index contributed by atoms with van der Waals surface area (Å²) in [6.07, 6.45) is 2.48. The Labute approximate surface area is 856 Å². The van der Waals surface area contributed by atoms with Crippen LogP contribution in [-0.4, -0.2) is 230 Å². The molecule has 6 aromatic rings. The number of alkyl halides is 11. The number of rotatable bonds is 43. The number of unbranched alkanes of at least 4 members (excludes halogenated alkanes) is 6. The number of fused-ring (bicyclic) bond motifs is 3. The van der Waals surface area contributed by atoms with Crippen LogP contribution in [0.1, 0.15) is 279 Å². The normalized spacial score (nSPS) is 20.3. The number of hydrogen-bond acceptors (Lipinski definition) is 32. The van der Waals surface area contributed by atoms with E-state index in [0.717, 1.165) is 57.8 Å². The standard InChI is InChI=1S/C31H49F3N7O6P.C30H49F3N7O6P.C11H16ClF3O2.C10H19ClO2.C9H14N5O4P.2H3N/c1-19-7-11-22(12-8-19)46-27(42)29(3,4)39-48(44,18-45-20(2)15-41-17-38-24-25(35)36-16-37-26(24)41)40-30(5,6)28(43)47-23-13-9-21(10-14-23)31(32,33)34;1-7-8-9-10-15-44-26(41)28(3,4)38-47(43,19-45-20(2)16-40-18-37-23-24(34)35-17-36-25(23)40)39-29(5,6)27(42)46-22-13-11-21(12-14-22)30(31,32)33;1-10(2,12)9(16)17-8-5-3-7(4-6-8)11(13,14)15;1-4-5-6-7-8-13-9(12)10(2,3)11;1-6(18-5-19(15,16)17)2-14-4-13-7-8(10)11-3-12-9(7)14;;/h16-17,19-23H,7-15,18H2,1-6H3,(H2,35,36,37)(H2,39,40,44);17-18,20-22H,7-16,19H2,1-6H3,(H2,34,35,36)(H2,38,39,43);7-8H,3-6H2,1-2H3;4-8H2,1-3H3;3-4,6H,2,5H2,1H3,(H2,10,11,12)(H2,15,16,17);2*1H3/t19?,20-,21?,22?,23?,48?;20-,21?,22?,47?;;;6-;;/m11..1../s1. The average Bonchev–Trinajstić information content (AvgIpc) is 1.14. The molecule has 4 fully saturated rings. The number of carbonyl (C=O) groups is 6. The molecule has 4 saturated carbocycles. The van der Waals surface area contributed by atoms with Crippen LogP contribution in [0.5, 0.6) is 0 Å². The number of anilines is 3. The molecular formula is C91H153Cl2F9N21O20P3. The third-order valence-corrected chi connectivity index (χ3v) is 29.5. The topological polar surface area (TPSA) is 604 Å². The quantitative estimate of drug-likeness (QED) is 0.00423. The molecule has 4 aliphatic carbocycles. The van der Waals surface area contributed by atoms with Gasteiger partial charge in [0.25, 0.3) is 0 Å². The lowest BCUT2D eigenvalue weighted by atomic mass is 9.87. The second kappa shape index (κ2) is 57.0. The van der Waals surface area contributed by atoms with Crippen molar-refractivity contribution in [2.75, 3.05) is 49.5 Å². The number of hydrogen-bond donors (Lipinski definition) is 11. The molecule has 41 nitrogen and oxygen atoms in total. The largest absolute Gasteiger partial charge is 0.464 e. The van der Waals surface area contributed by atoms with Crippen molar-refractivity contribution in [3.05, 3.63) is 38.0 Å². The number of carbonyl (C=O) groups excluding carboxylic acids is 6. The first-order chi connectivity index (χ1) is 66.6. The highest BCUT2D eigenvalue weighted by molar-refractivity contribution is 7.60. The van der Waals surface area contributed by atoms with Crippen LogP contribution in [0.3, 0.4) is 0 Å². The highest BCUT2D eigenvalue weighted by Gasteiger charge is 2.50. The van der Waals surface area contributed by atoms with Crippen molar-refractivity contribution in [1.82, 2.24) is 91.2 Å². The summed E-state index contributed by atoms with van der Waals surface area (Å²) < 4.78 is 211. The summed E-state index contributed by atoms with van der Waals surface area (Å²) in [4.78, 5) is 128. The Bertz CT molecular complexity index is 5230. The minimum atomic E-state index is -4.29. The Morgan fingerprint density at radius 2 is 0.644 bits per heavy atom. The van der Waals surface area contributed by atoms with Gasteiger partial charge in [0.05, 0.1) is 87.9 Å². The lowest BCUT2D eigenvalue weighted by Crippen LogP contribution is -2.54. The molecule has 0 bridgehead atoms. The SMILES string of the molecule is CC(C)(Cl)C(=O)OC1CCC(C(F)(F)F)CC1.CC1CCC(OC(=O)C(C)(C)NP(=O)(CO[C@H](C)Cn2cnc3c(N)ncnc32)NC(C)(C)C(=O)OC2CCC(C(F)(F)F)CC2)CC1.CCCCCCOC(=O)C(C)(C)Cl.CCCCCCOC(=O)C(C)(C)NP(=O)(CO[C@H](C)Cn1cnc2c(N)ncnc21)NC(C)(C)C(=O)OC1CCC(C(F)(F)F)CC1.C[C@H](Cn1cnc2c(N)ncnc21)OCP(=O)(O)O.N.N. The van der Waals surface area contributed by atoms with Crippen LogP contribution >= 0.6 is 45.7 Å². The number of halogens is 11. The number of nitrogen functional groups attached to an aromatic ring is 3. The van der Waals surface area contributed by atoms with E-state index in [0.29, 0.717) is 59.0 Å². The van der Waals surface area contributed by atoms with Crippen molar-refractivity contribution < 1.29 is 134 Å². The number of ether oxygens (including phenoxy) is 9. The third-order valence-electron chi connectivity index (χ3n) is 24.0. The molecule has 4 aliphatic rings.